The third kappa shape index (κ3) is 7.53. The maximum atomic E-state index is 10.3. The first-order valence-corrected chi connectivity index (χ1v) is 4.67. The molecular weight excluding hydrogens is 168 g/mol. The van der Waals surface area contributed by atoms with E-state index < -0.39 is 5.97 Å². The summed E-state index contributed by atoms with van der Waals surface area (Å²) in [5, 5.41) is 8.47. The largest absolute Gasteiger partial charge is 0.478 e. The summed E-state index contributed by atoms with van der Waals surface area (Å²) >= 11 is 0. The second-order valence-corrected chi connectivity index (χ2v) is 2.98. The van der Waals surface area contributed by atoms with Crippen molar-refractivity contribution in [3.8, 4) is 0 Å². The van der Waals surface area contributed by atoms with Gasteiger partial charge in [0.2, 0.25) is 0 Å². The maximum absolute atomic E-state index is 10.3. The first-order chi connectivity index (χ1) is 6.18. The lowest BCUT2D eigenvalue weighted by molar-refractivity contribution is -0.132. The molecule has 0 unspecified atom stereocenters. The fourth-order valence-electron chi connectivity index (χ4n) is 0.858. The Balaban J connectivity index is 3.16. The Morgan fingerprint density at radius 1 is 1.38 bits per heavy atom. The zero-order valence-corrected chi connectivity index (χ0v) is 8.21. The van der Waals surface area contributed by atoms with Gasteiger partial charge in [-0.1, -0.05) is 26.3 Å². The summed E-state index contributed by atoms with van der Waals surface area (Å²) in [6, 6.07) is 0. The second kappa shape index (κ2) is 7.80. The molecule has 0 heterocycles. The van der Waals surface area contributed by atoms with Crippen molar-refractivity contribution in [1.29, 1.82) is 0 Å². The Labute approximate surface area is 79.4 Å². The number of carboxylic acids is 1. The van der Waals surface area contributed by atoms with E-state index in [-0.39, 0.29) is 5.57 Å². The molecule has 0 rings (SSSR count). The van der Waals surface area contributed by atoms with Crippen LogP contribution in [0.1, 0.15) is 32.6 Å². The van der Waals surface area contributed by atoms with E-state index in [2.05, 4.69) is 13.5 Å². The number of unbranched alkanes of at least 4 members (excludes halogenated alkanes) is 2. The highest BCUT2D eigenvalue weighted by molar-refractivity contribution is 5.85. The van der Waals surface area contributed by atoms with Crippen LogP contribution < -0.4 is 0 Å². The SMILES string of the molecule is C=C(CCOCCCCC)C(=O)O. The van der Waals surface area contributed by atoms with Crippen molar-refractivity contribution in [2.45, 2.75) is 32.6 Å². The van der Waals surface area contributed by atoms with Gasteiger partial charge in [-0.05, 0) is 6.42 Å². The van der Waals surface area contributed by atoms with Crippen molar-refractivity contribution in [1.82, 2.24) is 0 Å². The molecule has 0 saturated carbocycles. The molecule has 0 aromatic carbocycles. The second-order valence-electron chi connectivity index (χ2n) is 2.98. The van der Waals surface area contributed by atoms with Crippen LogP contribution >= 0.6 is 0 Å². The predicted molar refractivity (Wildman–Crippen MR) is 51.7 cm³/mol. The number of carbonyl (C=O) groups is 1. The summed E-state index contributed by atoms with van der Waals surface area (Å²) in [7, 11) is 0. The molecule has 1 N–H and O–H groups in total. The van der Waals surface area contributed by atoms with Crippen molar-refractivity contribution < 1.29 is 14.6 Å². The van der Waals surface area contributed by atoms with Gasteiger partial charge >= 0.3 is 5.97 Å². The average molecular weight is 186 g/mol. The van der Waals surface area contributed by atoms with E-state index in [1.54, 1.807) is 0 Å². The highest BCUT2D eigenvalue weighted by atomic mass is 16.5. The molecule has 0 spiro atoms. The molecule has 0 saturated heterocycles. The fraction of sp³-hybridized carbons (Fsp3) is 0.700. The summed E-state index contributed by atoms with van der Waals surface area (Å²) in [6.07, 6.45) is 3.81. The number of ether oxygens (including phenoxy) is 1. The van der Waals surface area contributed by atoms with E-state index in [1.807, 2.05) is 0 Å². The Kier molecular flexibility index (Phi) is 7.30. The van der Waals surface area contributed by atoms with Crippen LogP contribution in [0, 0.1) is 0 Å². The average Bonchev–Trinajstić information content (AvgIpc) is 2.10. The van der Waals surface area contributed by atoms with Crippen molar-refractivity contribution in [2.75, 3.05) is 13.2 Å². The van der Waals surface area contributed by atoms with Crippen LogP contribution in [0.5, 0.6) is 0 Å². The summed E-state index contributed by atoms with van der Waals surface area (Å²) in [5.74, 6) is -0.933. The van der Waals surface area contributed by atoms with Gasteiger partial charge in [-0.2, -0.15) is 0 Å². The molecule has 0 radical (unpaired) electrons. The molecule has 0 bridgehead atoms. The van der Waals surface area contributed by atoms with Crippen LogP contribution in [0.2, 0.25) is 0 Å². The Morgan fingerprint density at radius 2 is 2.08 bits per heavy atom. The number of carboxylic acid groups (broad SMARTS) is 1. The first-order valence-electron chi connectivity index (χ1n) is 4.67. The quantitative estimate of drug-likeness (QED) is 0.467. The molecule has 76 valence electrons. The third-order valence-corrected chi connectivity index (χ3v) is 1.74. The van der Waals surface area contributed by atoms with Gasteiger partial charge in [0.25, 0.3) is 0 Å². The number of rotatable bonds is 8. The van der Waals surface area contributed by atoms with E-state index in [0.29, 0.717) is 13.0 Å². The summed E-state index contributed by atoms with van der Waals surface area (Å²) in [4.78, 5) is 10.3. The number of hydrogen-bond acceptors (Lipinski definition) is 2. The Bertz CT molecular complexity index is 164. The molecule has 0 amide bonds. The molecule has 0 aliphatic carbocycles. The fourth-order valence-corrected chi connectivity index (χ4v) is 0.858. The van der Waals surface area contributed by atoms with Crippen LogP contribution in [-0.4, -0.2) is 24.3 Å². The van der Waals surface area contributed by atoms with Crippen molar-refractivity contribution >= 4 is 5.97 Å². The van der Waals surface area contributed by atoms with E-state index in [4.69, 9.17) is 9.84 Å². The molecule has 0 aromatic heterocycles. The molecular formula is C10H18O3. The molecule has 0 fully saturated rings. The van der Waals surface area contributed by atoms with E-state index in [0.717, 1.165) is 13.0 Å². The minimum absolute atomic E-state index is 0.218. The third-order valence-electron chi connectivity index (χ3n) is 1.74. The van der Waals surface area contributed by atoms with Crippen LogP contribution in [0.3, 0.4) is 0 Å². The Hall–Kier alpha value is -0.830. The molecule has 13 heavy (non-hydrogen) atoms. The van der Waals surface area contributed by atoms with Gasteiger partial charge in [0.15, 0.2) is 0 Å². The van der Waals surface area contributed by atoms with Crippen molar-refractivity contribution in [3.63, 3.8) is 0 Å². The van der Waals surface area contributed by atoms with Crippen LogP contribution in [0.25, 0.3) is 0 Å². The van der Waals surface area contributed by atoms with Gasteiger partial charge in [0.05, 0.1) is 6.61 Å². The lowest BCUT2D eigenvalue weighted by atomic mass is 10.2. The first kappa shape index (κ1) is 12.2. The predicted octanol–water partition coefficient (Wildman–Crippen LogP) is 2.22. The van der Waals surface area contributed by atoms with Gasteiger partial charge in [-0.25, -0.2) is 4.79 Å². The summed E-state index contributed by atoms with van der Waals surface area (Å²) in [6.45, 7) is 6.73. The van der Waals surface area contributed by atoms with Crippen LogP contribution in [0.15, 0.2) is 12.2 Å². The standard InChI is InChI=1S/C10H18O3/c1-3-4-5-7-13-8-6-9(2)10(11)12/h2-8H2,1H3,(H,11,12). The lowest BCUT2D eigenvalue weighted by Gasteiger charge is -2.02. The lowest BCUT2D eigenvalue weighted by Crippen LogP contribution is -2.04. The zero-order valence-electron chi connectivity index (χ0n) is 8.21. The topological polar surface area (TPSA) is 46.5 Å². The van der Waals surface area contributed by atoms with Gasteiger partial charge in [0.1, 0.15) is 0 Å². The van der Waals surface area contributed by atoms with Crippen LogP contribution in [-0.2, 0) is 9.53 Å². The van der Waals surface area contributed by atoms with E-state index in [1.165, 1.54) is 12.8 Å². The normalized spacial score (nSPS) is 9.92. The maximum Gasteiger partial charge on any atom is 0.331 e. The molecule has 3 nitrogen and oxygen atoms in total. The van der Waals surface area contributed by atoms with E-state index in [9.17, 15) is 4.79 Å². The molecule has 0 aromatic rings. The monoisotopic (exact) mass is 186 g/mol. The Morgan fingerprint density at radius 3 is 2.62 bits per heavy atom. The molecule has 3 heteroatoms. The smallest absolute Gasteiger partial charge is 0.331 e. The number of aliphatic carboxylic acids is 1. The van der Waals surface area contributed by atoms with Crippen molar-refractivity contribution in [3.05, 3.63) is 12.2 Å². The van der Waals surface area contributed by atoms with Crippen molar-refractivity contribution in [2.24, 2.45) is 0 Å². The summed E-state index contributed by atoms with van der Waals surface area (Å²) in [5.41, 5.74) is 0.218. The minimum atomic E-state index is -0.933. The minimum Gasteiger partial charge on any atom is -0.478 e. The van der Waals surface area contributed by atoms with Gasteiger partial charge in [0, 0.05) is 18.6 Å². The van der Waals surface area contributed by atoms with Crippen LogP contribution in [0.4, 0.5) is 0 Å². The number of hydrogen-bond donors (Lipinski definition) is 1. The zero-order chi connectivity index (χ0) is 10.1. The summed E-state index contributed by atoms with van der Waals surface area (Å²) < 4.78 is 5.23. The van der Waals surface area contributed by atoms with Gasteiger partial charge in [-0.15, -0.1) is 0 Å². The highest BCUT2D eigenvalue weighted by Gasteiger charge is 2.02. The highest BCUT2D eigenvalue weighted by Crippen LogP contribution is 1.99. The molecule has 0 aliphatic heterocycles. The molecule has 0 aliphatic rings. The van der Waals surface area contributed by atoms with E-state index >= 15 is 0 Å². The van der Waals surface area contributed by atoms with Gasteiger partial charge in [-0.3, -0.25) is 0 Å². The molecule has 0 atom stereocenters. The van der Waals surface area contributed by atoms with Gasteiger partial charge < -0.3 is 9.84 Å².